The lowest BCUT2D eigenvalue weighted by atomic mass is 10.3. The van der Waals surface area contributed by atoms with Gasteiger partial charge in [0.1, 0.15) is 5.75 Å². The Morgan fingerprint density at radius 1 is 1.42 bits per heavy atom. The topological polar surface area (TPSA) is 61.9 Å². The number of ether oxygens (including phenoxy) is 1. The highest BCUT2D eigenvalue weighted by Gasteiger charge is 2.14. The SMILES string of the molecule is CCCn1nnn(-c2cc(OC)c(Br)cc2Cl)c1=O. The zero-order valence-corrected chi connectivity index (χ0v) is 12.8. The van der Waals surface area contributed by atoms with E-state index in [9.17, 15) is 4.79 Å². The molecule has 0 saturated carbocycles. The number of hydrogen-bond donors (Lipinski definition) is 0. The minimum atomic E-state index is -0.326. The summed E-state index contributed by atoms with van der Waals surface area (Å²) in [6.07, 6.45) is 0.802. The normalized spacial score (nSPS) is 10.7. The van der Waals surface area contributed by atoms with E-state index in [1.54, 1.807) is 12.1 Å². The molecular formula is C11H12BrClN4O2. The zero-order valence-electron chi connectivity index (χ0n) is 10.4. The standard InChI is InChI=1S/C11H12BrClN4O2/c1-3-4-16-11(18)17(15-14-16)9-6-10(19-2)7(12)5-8(9)13/h5-6H,3-4H2,1-2H3. The lowest BCUT2D eigenvalue weighted by Crippen LogP contribution is -2.24. The summed E-state index contributed by atoms with van der Waals surface area (Å²) in [5.74, 6) is 0.566. The van der Waals surface area contributed by atoms with Gasteiger partial charge in [-0.25, -0.2) is 4.79 Å². The third-order valence-electron chi connectivity index (χ3n) is 2.52. The summed E-state index contributed by atoms with van der Waals surface area (Å²) in [7, 11) is 1.54. The second kappa shape index (κ2) is 5.75. The third kappa shape index (κ3) is 2.66. The third-order valence-corrected chi connectivity index (χ3v) is 3.45. The number of halogens is 2. The zero-order chi connectivity index (χ0) is 14.0. The van der Waals surface area contributed by atoms with Gasteiger partial charge in [-0.05, 0) is 38.8 Å². The summed E-state index contributed by atoms with van der Waals surface area (Å²) in [5.41, 5.74) is 0.113. The van der Waals surface area contributed by atoms with Crippen LogP contribution < -0.4 is 10.4 Å². The fourth-order valence-corrected chi connectivity index (χ4v) is 2.50. The molecule has 0 aliphatic heterocycles. The van der Waals surface area contributed by atoms with Crippen molar-refractivity contribution in [2.45, 2.75) is 19.9 Å². The number of nitrogens with zero attached hydrogens (tertiary/aromatic N) is 4. The highest BCUT2D eigenvalue weighted by molar-refractivity contribution is 9.10. The highest BCUT2D eigenvalue weighted by atomic mass is 79.9. The molecule has 0 N–H and O–H groups in total. The molecule has 0 radical (unpaired) electrons. The minimum absolute atomic E-state index is 0.326. The van der Waals surface area contributed by atoms with Gasteiger partial charge in [0.15, 0.2) is 0 Å². The molecule has 1 aromatic carbocycles. The largest absolute Gasteiger partial charge is 0.495 e. The molecule has 19 heavy (non-hydrogen) atoms. The van der Waals surface area contributed by atoms with Crippen LogP contribution in [0.3, 0.4) is 0 Å². The Labute approximate surface area is 123 Å². The van der Waals surface area contributed by atoms with Crippen molar-refractivity contribution in [2.75, 3.05) is 7.11 Å². The number of methoxy groups -OCH3 is 1. The molecule has 0 bridgehead atoms. The number of rotatable bonds is 4. The van der Waals surface area contributed by atoms with Gasteiger partial charge in [-0.1, -0.05) is 18.5 Å². The summed E-state index contributed by atoms with van der Waals surface area (Å²) in [5, 5.41) is 8.03. The predicted octanol–water partition coefficient (Wildman–Crippen LogP) is 2.26. The van der Waals surface area contributed by atoms with Gasteiger partial charge < -0.3 is 4.74 Å². The average molecular weight is 348 g/mol. The van der Waals surface area contributed by atoms with E-state index in [2.05, 4.69) is 26.4 Å². The molecule has 2 rings (SSSR count). The van der Waals surface area contributed by atoms with Crippen LogP contribution in [0.4, 0.5) is 0 Å². The van der Waals surface area contributed by atoms with E-state index >= 15 is 0 Å². The molecule has 0 saturated heterocycles. The Morgan fingerprint density at radius 3 is 2.79 bits per heavy atom. The molecule has 2 aromatic rings. The number of hydrogen-bond acceptors (Lipinski definition) is 4. The van der Waals surface area contributed by atoms with Crippen molar-refractivity contribution in [3.8, 4) is 11.4 Å². The molecule has 0 spiro atoms. The van der Waals surface area contributed by atoms with Gasteiger partial charge >= 0.3 is 5.69 Å². The van der Waals surface area contributed by atoms with Crippen LogP contribution in [0.5, 0.6) is 5.75 Å². The maximum absolute atomic E-state index is 12.1. The molecule has 0 aliphatic carbocycles. The Hall–Kier alpha value is -1.34. The van der Waals surface area contributed by atoms with Crippen LogP contribution in [0.25, 0.3) is 5.69 Å². The first-order valence-corrected chi connectivity index (χ1v) is 6.81. The molecule has 0 fully saturated rings. The van der Waals surface area contributed by atoms with Crippen LogP contribution in [0.1, 0.15) is 13.3 Å². The Bertz CT molecular complexity index is 653. The van der Waals surface area contributed by atoms with Crippen molar-refractivity contribution in [3.63, 3.8) is 0 Å². The molecule has 1 aromatic heterocycles. The maximum atomic E-state index is 12.1. The molecule has 0 unspecified atom stereocenters. The molecule has 0 amide bonds. The fourth-order valence-electron chi connectivity index (χ4n) is 1.61. The van der Waals surface area contributed by atoms with Gasteiger partial charge in [0.2, 0.25) is 0 Å². The summed E-state index contributed by atoms with van der Waals surface area (Å²) in [6.45, 7) is 2.48. The second-order valence-electron chi connectivity index (χ2n) is 3.83. The summed E-state index contributed by atoms with van der Waals surface area (Å²) < 4.78 is 8.34. The first-order valence-electron chi connectivity index (χ1n) is 5.64. The van der Waals surface area contributed by atoms with Crippen LogP contribution in [0.15, 0.2) is 21.4 Å². The Kier molecular flexibility index (Phi) is 4.26. The average Bonchev–Trinajstić information content (AvgIpc) is 2.72. The molecule has 8 heteroatoms. The van der Waals surface area contributed by atoms with Gasteiger partial charge in [-0.3, -0.25) is 0 Å². The smallest absolute Gasteiger partial charge is 0.368 e. The molecule has 1 heterocycles. The van der Waals surface area contributed by atoms with E-state index < -0.39 is 0 Å². The maximum Gasteiger partial charge on any atom is 0.368 e. The van der Waals surface area contributed by atoms with Crippen molar-refractivity contribution < 1.29 is 4.74 Å². The molecule has 0 atom stereocenters. The number of aromatic nitrogens is 4. The van der Waals surface area contributed by atoms with Crippen LogP contribution in [0.2, 0.25) is 5.02 Å². The lowest BCUT2D eigenvalue weighted by Gasteiger charge is -2.07. The van der Waals surface area contributed by atoms with Gasteiger partial charge in [0.05, 0.1) is 22.3 Å². The first-order chi connectivity index (χ1) is 9.08. The fraction of sp³-hybridized carbons (Fsp3) is 0.364. The predicted molar refractivity (Wildman–Crippen MR) is 75.2 cm³/mol. The Morgan fingerprint density at radius 2 is 2.16 bits per heavy atom. The van der Waals surface area contributed by atoms with E-state index in [4.69, 9.17) is 16.3 Å². The van der Waals surface area contributed by atoms with E-state index in [1.165, 1.54) is 11.8 Å². The van der Waals surface area contributed by atoms with Crippen LogP contribution >= 0.6 is 27.5 Å². The second-order valence-corrected chi connectivity index (χ2v) is 5.10. The molecule has 6 nitrogen and oxygen atoms in total. The van der Waals surface area contributed by atoms with E-state index in [1.807, 2.05) is 6.92 Å². The monoisotopic (exact) mass is 346 g/mol. The Balaban J connectivity index is 2.56. The number of tetrazole rings is 1. The van der Waals surface area contributed by atoms with Crippen molar-refractivity contribution in [1.29, 1.82) is 0 Å². The van der Waals surface area contributed by atoms with Crippen LogP contribution in [-0.4, -0.2) is 26.9 Å². The van der Waals surface area contributed by atoms with Crippen molar-refractivity contribution in [2.24, 2.45) is 0 Å². The number of benzene rings is 1. The van der Waals surface area contributed by atoms with Crippen molar-refractivity contribution >= 4 is 27.5 Å². The summed E-state index contributed by atoms with van der Waals surface area (Å²) in [6, 6.07) is 3.29. The lowest BCUT2D eigenvalue weighted by molar-refractivity contribution is 0.412. The van der Waals surface area contributed by atoms with Gasteiger partial charge in [0, 0.05) is 12.6 Å². The highest BCUT2D eigenvalue weighted by Crippen LogP contribution is 2.32. The van der Waals surface area contributed by atoms with Crippen molar-refractivity contribution in [1.82, 2.24) is 19.8 Å². The van der Waals surface area contributed by atoms with E-state index in [0.717, 1.165) is 11.1 Å². The first kappa shape index (κ1) is 14.1. The van der Waals surface area contributed by atoms with Crippen molar-refractivity contribution in [3.05, 3.63) is 32.1 Å². The molecule has 102 valence electrons. The van der Waals surface area contributed by atoms with Gasteiger partial charge in [-0.2, -0.15) is 9.36 Å². The minimum Gasteiger partial charge on any atom is -0.495 e. The quantitative estimate of drug-likeness (QED) is 0.851. The van der Waals surface area contributed by atoms with E-state index in [0.29, 0.717) is 27.5 Å². The van der Waals surface area contributed by atoms with Gasteiger partial charge in [0.25, 0.3) is 0 Å². The van der Waals surface area contributed by atoms with Crippen LogP contribution in [-0.2, 0) is 6.54 Å². The number of aryl methyl sites for hydroxylation is 1. The van der Waals surface area contributed by atoms with Gasteiger partial charge in [-0.15, -0.1) is 0 Å². The van der Waals surface area contributed by atoms with E-state index in [-0.39, 0.29) is 5.69 Å². The summed E-state index contributed by atoms with van der Waals surface area (Å²) in [4.78, 5) is 12.1. The molecular weight excluding hydrogens is 336 g/mol. The van der Waals surface area contributed by atoms with Crippen LogP contribution in [0, 0.1) is 0 Å². The molecule has 0 aliphatic rings. The summed E-state index contributed by atoms with van der Waals surface area (Å²) >= 11 is 9.45.